The van der Waals surface area contributed by atoms with Crippen molar-refractivity contribution in [2.75, 3.05) is 0 Å². The van der Waals surface area contributed by atoms with E-state index in [1.54, 1.807) is 6.34 Å². The van der Waals surface area contributed by atoms with E-state index < -0.39 is 5.00 Å². The second-order valence-corrected chi connectivity index (χ2v) is 3.91. The molecule has 0 aromatic carbocycles. The number of aromatic amines is 1. The van der Waals surface area contributed by atoms with Crippen LogP contribution in [0.5, 0.6) is 0 Å². The number of nitrogens with zero attached hydrogens (tertiary/aromatic N) is 1. The normalized spacial score (nSPS) is 25.7. The Bertz CT molecular complexity index is 367. The smallest absolute Gasteiger partial charge is 0.134 e. The lowest BCUT2D eigenvalue weighted by Crippen LogP contribution is -2.38. The number of hydrogen-bond acceptors (Lipinski definition) is 2. The van der Waals surface area contributed by atoms with Crippen molar-refractivity contribution >= 4 is 23.6 Å². The lowest BCUT2D eigenvalue weighted by molar-refractivity contribution is 0.633. The summed E-state index contributed by atoms with van der Waals surface area (Å²) in [6.07, 6.45) is 6.26. The zero-order valence-corrected chi connectivity index (χ0v) is 8.67. The highest BCUT2D eigenvalue weighted by Crippen LogP contribution is 2.26. The largest absolute Gasteiger partial charge is 0.360 e. The third-order valence-electron chi connectivity index (χ3n) is 2.26. The Hall–Kier alpha value is -1.22. The molecule has 2 heterocycles. The van der Waals surface area contributed by atoms with Gasteiger partial charge in [0.05, 0.1) is 17.7 Å². The van der Waals surface area contributed by atoms with Crippen molar-refractivity contribution in [2.24, 2.45) is 4.99 Å². The zero-order chi connectivity index (χ0) is 10.0. The van der Waals surface area contributed by atoms with Crippen LogP contribution in [0.15, 0.2) is 29.4 Å². The van der Waals surface area contributed by atoms with Crippen LogP contribution < -0.4 is 5.32 Å². The summed E-state index contributed by atoms with van der Waals surface area (Å²) < 4.78 is 0. The van der Waals surface area contributed by atoms with Gasteiger partial charge < -0.3 is 10.3 Å². The van der Waals surface area contributed by atoms with Gasteiger partial charge in [0.2, 0.25) is 0 Å². The second kappa shape index (κ2) is 3.50. The number of hydrogen-bond donors (Lipinski definition) is 2. The molecule has 2 rings (SSSR count). The van der Waals surface area contributed by atoms with Gasteiger partial charge in [0.1, 0.15) is 5.00 Å². The molecule has 0 radical (unpaired) electrons. The van der Waals surface area contributed by atoms with Crippen molar-refractivity contribution in [3.05, 3.63) is 30.1 Å². The molecular formula is C10H12ClN3. The van der Waals surface area contributed by atoms with Gasteiger partial charge in [-0.1, -0.05) is 18.5 Å². The number of aromatic nitrogens is 1. The van der Waals surface area contributed by atoms with Gasteiger partial charge in [-0.25, -0.2) is 4.99 Å². The monoisotopic (exact) mass is 209 g/mol. The summed E-state index contributed by atoms with van der Waals surface area (Å²) in [6.45, 7) is 2.03. The Morgan fingerprint density at radius 3 is 3.07 bits per heavy atom. The first kappa shape index (κ1) is 9.34. The molecule has 0 spiro atoms. The lowest BCUT2D eigenvalue weighted by atomic mass is 10.1. The minimum Gasteiger partial charge on any atom is -0.360 e. The number of nitrogens with one attached hydrogen (secondary N) is 2. The molecule has 0 saturated heterocycles. The molecule has 1 unspecified atom stereocenters. The molecule has 1 aliphatic rings. The van der Waals surface area contributed by atoms with E-state index in [0.29, 0.717) is 0 Å². The van der Waals surface area contributed by atoms with E-state index in [2.05, 4.69) is 15.3 Å². The van der Waals surface area contributed by atoms with E-state index in [0.717, 1.165) is 17.8 Å². The van der Waals surface area contributed by atoms with E-state index in [1.807, 2.05) is 31.3 Å². The zero-order valence-electron chi connectivity index (χ0n) is 7.92. The molecule has 1 atom stereocenters. The lowest BCUT2D eigenvalue weighted by Gasteiger charge is -2.25. The van der Waals surface area contributed by atoms with Crippen LogP contribution in [0, 0.1) is 0 Å². The molecule has 74 valence electrons. The Kier molecular flexibility index (Phi) is 2.33. The predicted molar refractivity (Wildman–Crippen MR) is 59.3 cm³/mol. The van der Waals surface area contributed by atoms with Crippen molar-refractivity contribution in [3.8, 4) is 0 Å². The highest BCUT2D eigenvalue weighted by molar-refractivity contribution is 6.26. The topological polar surface area (TPSA) is 40.2 Å². The minimum absolute atomic E-state index is 0.498. The second-order valence-electron chi connectivity index (χ2n) is 3.23. The molecule has 0 bridgehead atoms. The van der Waals surface area contributed by atoms with E-state index in [4.69, 9.17) is 11.6 Å². The average Bonchev–Trinajstić information content (AvgIpc) is 2.71. The quantitative estimate of drug-likeness (QED) is 0.570. The van der Waals surface area contributed by atoms with Crippen LogP contribution in [0.25, 0.3) is 5.70 Å². The number of halogens is 1. The molecule has 4 heteroatoms. The maximum absolute atomic E-state index is 6.28. The SMILES string of the molecule is CCC1(Cl)C=C(c2ccc[nH]2)N=CN1. The van der Waals surface area contributed by atoms with Gasteiger partial charge >= 0.3 is 0 Å². The van der Waals surface area contributed by atoms with Gasteiger partial charge in [-0.05, 0) is 24.6 Å². The summed E-state index contributed by atoms with van der Waals surface area (Å²) in [5.74, 6) is 0. The van der Waals surface area contributed by atoms with Crippen molar-refractivity contribution in [3.63, 3.8) is 0 Å². The summed E-state index contributed by atoms with van der Waals surface area (Å²) in [5.41, 5.74) is 1.87. The Balaban J connectivity index is 2.32. The van der Waals surface area contributed by atoms with Gasteiger partial charge in [-0.3, -0.25) is 0 Å². The van der Waals surface area contributed by atoms with Crippen LogP contribution in [0.4, 0.5) is 0 Å². The fraction of sp³-hybridized carbons (Fsp3) is 0.300. The van der Waals surface area contributed by atoms with Crippen molar-refractivity contribution < 1.29 is 0 Å². The molecule has 2 N–H and O–H groups in total. The highest BCUT2D eigenvalue weighted by Gasteiger charge is 2.24. The molecule has 0 aliphatic carbocycles. The number of H-pyrrole nitrogens is 1. The maximum Gasteiger partial charge on any atom is 0.134 e. The Morgan fingerprint density at radius 1 is 1.57 bits per heavy atom. The van der Waals surface area contributed by atoms with Gasteiger partial charge in [-0.15, -0.1) is 0 Å². The van der Waals surface area contributed by atoms with Crippen LogP contribution in [-0.4, -0.2) is 16.3 Å². The van der Waals surface area contributed by atoms with E-state index >= 15 is 0 Å². The van der Waals surface area contributed by atoms with Crippen molar-refractivity contribution in [1.82, 2.24) is 10.3 Å². The van der Waals surface area contributed by atoms with Crippen LogP contribution in [0.2, 0.25) is 0 Å². The molecule has 1 aromatic heterocycles. The van der Waals surface area contributed by atoms with Gasteiger partial charge in [0, 0.05) is 6.20 Å². The van der Waals surface area contributed by atoms with E-state index in [-0.39, 0.29) is 0 Å². The first-order chi connectivity index (χ1) is 6.73. The molecule has 0 fully saturated rings. The Morgan fingerprint density at radius 2 is 2.43 bits per heavy atom. The summed E-state index contributed by atoms with van der Waals surface area (Å²) in [6, 6.07) is 3.91. The number of rotatable bonds is 2. The van der Waals surface area contributed by atoms with E-state index in [1.165, 1.54) is 0 Å². The fourth-order valence-corrected chi connectivity index (χ4v) is 1.50. The van der Waals surface area contributed by atoms with Crippen molar-refractivity contribution in [1.29, 1.82) is 0 Å². The standard InChI is InChI=1S/C10H12ClN3/c1-2-10(11)6-9(13-7-14-10)8-4-3-5-12-8/h3-7,12H,2H2,1H3,(H,13,14). The van der Waals surface area contributed by atoms with E-state index in [9.17, 15) is 0 Å². The highest BCUT2D eigenvalue weighted by atomic mass is 35.5. The number of alkyl halides is 1. The third kappa shape index (κ3) is 1.68. The average molecular weight is 210 g/mol. The molecule has 14 heavy (non-hydrogen) atoms. The summed E-state index contributed by atoms with van der Waals surface area (Å²) >= 11 is 6.28. The molecule has 0 amide bonds. The molecule has 1 aromatic rings. The van der Waals surface area contributed by atoms with Gasteiger partial charge in [-0.2, -0.15) is 0 Å². The van der Waals surface area contributed by atoms with Gasteiger partial charge in [0.25, 0.3) is 0 Å². The molecule has 3 nitrogen and oxygen atoms in total. The van der Waals surface area contributed by atoms with Crippen molar-refractivity contribution in [2.45, 2.75) is 18.3 Å². The van der Waals surface area contributed by atoms with Crippen LogP contribution in [0.3, 0.4) is 0 Å². The van der Waals surface area contributed by atoms with Crippen LogP contribution >= 0.6 is 11.6 Å². The first-order valence-corrected chi connectivity index (χ1v) is 4.97. The van der Waals surface area contributed by atoms with Crippen LogP contribution in [0.1, 0.15) is 19.0 Å². The minimum atomic E-state index is -0.498. The summed E-state index contributed by atoms with van der Waals surface area (Å²) in [5, 5.41) is 3.02. The summed E-state index contributed by atoms with van der Waals surface area (Å²) in [4.78, 5) is 6.83. The molecular weight excluding hydrogens is 198 g/mol. The van der Waals surface area contributed by atoms with Gasteiger partial charge in [0.15, 0.2) is 0 Å². The number of aliphatic imine (C=N–C) groups is 1. The molecule has 1 aliphatic heterocycles. The first-order valence-electron chi connectivity index (χ1n) is 4.59. The fourth-order valence-electron chi connectivity index (χ4n) is 1.35. The van der Waals surface area contributed by atoms with Crippen LogP contribution in [-0.2, 0) is 0 Å². The Labute approximate surface area is 87.9 Å². The third-order valence-corrected chi connectivity index (χ3v) is 2.75. The predicted octanol–water partition coefficient (Wildman–Crippen LogP) is 2.33. The molecule has 0 saturated carbocycles. The maximum atomic E-state index is 6.28. The summed E-state index contributed by atoms with van der Waals surface area (Å²) in [7, 11) is 0.